The normalized spacial score (nSPS) is 10.7. The molecule has 106 valence electrons. The second-order valence-corrected chi connectivity index (χ2v) is 4.91. The molecule has 0 spiro atoms. The average molecular weight is 293 g/mol. The number of ether oxygens (including phenoxy) is 2. The smallest absolute Gasteiger partial charge is 0.241 e. The number of hydrogen-bond acceptors (Lipinski definition) is 4. The van der Waals surface area contributed by atoms with E-state index in [1.165, 1.54) is 6.33 Å². The fourth-order valence-electron chi connectivity index (χ4n) is 1.70. The summed E-state index contributed by atoms with van der Waals surface area (Å²) in [6.07, 6.45) is 2.29. The highest BCUT2D eigenvalue weighted by Crippen LogP contribution is 2.30. The van der Waals surface area contributed by atoms with E-state index in [2.05, 4.69) is 9.97 Å². The molecule has 0 atom stereocenters. The molecule has 0 unspecified atom stereocenters. The molecule has 0 saturated carbocycles. The van der Waals surface area contributed by atoms with Gasteiger partial charge in [0, 0.05) is 6.07 Å². The van der Waals surface area contributed by atoms with Crippen molar-refractivity contribution in [1.29, 1.82) is 0 Å². The van der Waals surface area contributed by atoms with Crippen LogP contribution >= 0.6 is 11.6 Å². The van der Waals surface area contributed by atoms with Gasteiger partial charge in [-0.3, -0.25) is 0 Å². The summed E-state index contributed by atoms with van der Waals surface area (Å²) in [7, 11) is 0. The van der Waals surface area contributed by atoms with Gasteiger partial charge in [-0.1, -0.05) is 24.6 Å². The summed E-state index contributed by atoms with van der Waals surface area (Å²) < 4.78 is 11.3. The maximum atomic E-state index is 6.20. The first-order valence-electron chi connectivity index (χ1n) is 6.54. The molecule has 1 aromatic carbocycles. The Morgan fingerprint density at radius 1 is 1.20 bits per heavy atom. The Labute approximate surface area is 123 Å². The van der Waals surface area contributed by atoms with Crippen LogP contribution in [0.4, 0.5) is 0 Å². The lowest BCUT2D eigenvalue weighted by Crippen LogP contribution is -2.05. The molecule has 0 aliphatic rings. The van der Waals surface area contributed by atoms with Crippen LogP contribution in [-0.2, 0) is 6.42 Å². The summed E-state index contributed by atoms with van der Waals surface area (Å²) in [5.74, 6) is 1.74. The minimum atomic E-state index is 0.111. The molecule has 1 aromatic heterocycles. The lowest BCUT2D eigenvalue weighted by Gasteiger charge is -2.12. The summed E-state index contributed by atoms with van der Waals surface area (Å²) in [6.45, 7) is 5.93. The third-order valence-electron chi connectivity index (χ3n) is 2.56. The van der Waals surface area contributed by atoms with Crippen molar-refractivity contribution in [3.05, 3.63) is 41.3 Å². The minimum absolute atomic E-state index is 0.111. The van der Waals surface area contributed by atoms with Crippen molar-refractivity contribution in [2.24, 2.45) is 0 Å². The van der Waals surface area contributed by atoms with Gasteiger partial charge in [-0.05, 0) is 32.4 Å². The molecule has 20 heavy (non-hydrogen) atoms. The standard InChI is InChI=1S/C15H17ClN2O2/c1-4-13-14(16)15(18-9-17-13)20-12-7-5-6-11(8-12)19-10(2)3/h5-10H,4H2,1-3H3. The molecular weight excluding hydrogens is 276 g/mol. The van der Waals surface area contributed by atoms with Crippen LogP contribution in [0.5, 0.6) is 17.4 Å². The zero-order chi connectivity index (χ0) is 14.5. The maximum absolute atomic E-state index is 6.20. The molecule has 2 aromatic rings. The predicted octanol–water partition coefficient (Wildman–Crippen LogP) is 4.27. The highest BCUT2D eigenvalue weighted by Gasteiger charge is 2.10. The summed E-state index contributed by atoms with van der Waals surface area (Å²) in [5, 5.41) is 0.449. The molecule has 0 fully saturated rings. The first kappa shape index (κ1) is 14.6. The monoisotopic (exact) mass is 292 g/mol. The molecule has 0 aliphatic heterocycles. The van der Waals surface area contributed by atoms with Crippen LogP contribution in [-0.4, -0.2) is 16.1 Å². The molecule has 5 heteroatoms. The van der Waals surface area contributed by atoms with Crippen molar-refractivity contribution in [2.75, 3.05) is 0 Å². The fraction of sp³-hybridized carbons (Fsp3) is 0.333. The maximum Gasteiger partial charge on any atom is 0.241 e. The van der Waals surface area contributed by atoms with Crippen molar-refractivity contribution < 1.29 is 9.47 Å². The molecule has 4 nitrogen and oxygen atoms in total. The minimum Gasteiger partial charge on any atom is -0.491 e. The Balaban J connectivity index is 2.22. The first-order valence-corrected chi connectivity index (χ1v) is 6.92. The van der Waals surface area contributed by atoms with E-state index in [0.717, 1.165) is 17.9 Å². The van der Waals surface area contributed by atoms with Gasteiger partial charge in [0.25, 0.3) is 0 Å². The topological polar surface area (TPSA) is 44.2 Å². The number of hydrogen-bond donors (Lipinski definition) is 0. The van der Waals surface area contributed by atoms with Crippen molar-refractivity contribution in [3.8, 4) is 17.4 Å². The summed E-state index contributed by atoms with van der Waals surface area (Å²) in [4.78, 5) is 8.17. The van der Waals surface area contributed by atoms with Crippen LogP contribution in [0.1, 0.15) is 26.5 Å². The van der Waals surface area contributed by atoms with Gasteiger partial charge in [0.15, 0.2) is 0 Å². The van der Waals surface area contributed by atoms with Gasteiger partial charge < -0.3 is 9.47 Å². The van der Waals surface area contributed by atoms with Crippen LogP contribution in [0.15, 0.2) is 30.6 Å². The molecule has 0 amide bonds. The van der Waals surface area contributed by atoms with E-state index >= 15 is 0 Å². The van der Waals surface area contributed by atoms with Gasteiger partial charge in [-0.2, -0.15) is 0 Å². The second kappa shape index (κ2) is 6.57. The van der Waals surface area contributed by atoms with Gasteiger partial charge in [-0.15, -0.1) is 0 Å². The summed E-state index contributed by atoms with van der Waals surface area (Å²) in [6, 6.07) is 7.39. The van der Waals surface area contributed by atoms with Crippen LogP contribution < -0.4 is 9.47 Å². The van der Waals surface area contributed by atoms with Crippen molar-refractivity contribution in [2.45, 2.75) is 33.3 Å². The molecule has 0 saturated heterocycles. The van der Waals surface area contributed by atoms with Gasteiger partial charge >= 0.3 is 0 Å². The Kier molecular flexibility index (Phi) is 4.79. The summed E-state index contributed by atoms with van der Waals surface area (Å²) >= 11 is 6.20. The Hall–Kier alpha value is -1.81. The number of rotatable bonds is 5. The SMILES string of the molecule is CCc1ncnc(Oc2cccc(OC(C)C)c2)c1Cl. The Morgan fingerprint density at radius 3 is 2.65 bits per heavy atom. The number of halogens is 1. The van der Waals surface area contributed by atoms with Crippen molar-refractivity contribution >= 4 is 11.6 Å². The third-order valence-corrected chi connectivity index (χ3v) is 2.94. The quantitative estimate of drug-likeness (QED) is 0.825. The van der Waals surface area contributed by atoms with Crippen LogP contribution in [0, 0.1) is 0 Å². The summed E-state index contributed by atoms with van der Waals surface area (Å²) in [5.41, 5.74) is 0.770. The fourth-order valence-corrected chi connectivity index (χ4v) is 1.97. The number of nitrogens with zero attached hydrogens (tertiary/aromatic N) is 2. The third kappa shape index (κ3) is 3.61. The van der Waals surface area contributed by atoms with Crippen molar-refractivity contribution in [1.82, 2.24) is 9.97 Å². The molecule has 0 bridgehead atoms. The zero-order valence-electron chi connectivity index (χ0n) is 11.8. The molecule has 0 radical (unpaired) electrons. The largest absolute Gasteiger partial charge is 0.491 e. The Morgan fingerprint density at radius 2 is 1.95 bits per heavy atom. The first-order chi connectivity index (χ1) is 9.60. The van der Waals surface area contributed by atoms with E-state index in [1.54, 1.807) is 0 Å². The van der Waals surface area contributed by atoms with E-state index in [9.17, 15) is 0 Å². The lowest BCUT2D eigenvalue weighted by molar-refractivity contribution is 0.241. The number of aryl methyl sites for hydroxylation is 1. The molecule has 0 aliphatic carbocycles. The van der Waals surface area contributed by atoms with E-state index in [-0.39, 0.29) is 6.10 Å². The van der Waals surface area contributed by atoms with Crippen LogP contribution in [0.25, 0.3) is 0 Å². The molecule has 1 heterocycles. The number of benzene rings is 1. The second-order valence-electron chi connectivity index (χ2n) is 4.54. The lowest BCUT2D eigenvalue weighted by atomic mass is 10.3. The average Bonchev–Trinajstić information content (AvgIpc) is 2.41. The molecule has 2 rings (SSSR count). The Bertz CT molecular complexity index is 588. The van der Waals surface area contributed by atoms with Crippen LogP contribution in [0.3, 0.4) is 0 Å². The predicted molar refractivity (Wildman–Crippen MR) is 78.7 cm³/mol. The van der Waals surface area contributed by atoms with Gasteiger partial charge in [-0.25, -0.2) is 9.97 Å². The highest BCUT2D eigenvalue weighted by molar-refractivity contribution is 6.32. The van der Waals surface area contributed by atoms with E-state index < -0.39 is 0 Å². The zero-order valence-corrected chi connectivity index (χ0v) is 12.5. The van der Waals surface area contributed by atoms with Crippen molar-refractivity contribution in [3.63, 3.8) is 0 Å². The number of aromatic nitrogens is 2. The van der Waals surface area contributed by atoms with E-state index in [0.29, 0.717) is 16.7 Å². The van der Waals surface area contributed by atoms with Gasteiger partial charge in [0.1, 0.15) is 22.8 Å². The van der Waals surface area contributed by atoms with Crippen LogP contribution in [0.2, 0.25) is 5.02 Å². The molecular formula is C15H17ClN2O2. The van der Waals surface area contributed by atoms with Gasteiger partial charge in [0.05, 0.1) is 11.8 Å². The highest BCUT2D eigenvalue weighted by atomic mass is 35.5. The van der Waals surface area contributed by atoms with Gasteiger partial charge in [0.2, 0.25) is 5.88 Å². The van der Waals surface area contributed by atoms with E-state index in [4.69, 9.17) is 21.1 Å². The molecule has 0 N–H and O–H groups in total. The van der Waals surface area contributed by atoms with E-state index in [1.807, 2.05) is 45.0 Å².